The summed E-state index contributed by atoms with van der Waals surface area (Å²) in [4.78, 5) is 26.9. The number of likely N-dealkylation sites (N-methyl/N-ethyl adjacent to an activating group) is 1. The Bertz CT molecular complexity index is 352. The van der Waals surface area contributed by atoms with Crippen LogP contribution < -0.4 is 11.1 Å². The zero-order valence-electron chi connectivity index (χ0n) is 12.6. The van der Waals surface area contributed by atoms with E-state index in [2.05, 4.69) is 36.0 Å². The summed E-state index contributed by atoms with van der Waals surface area (Å²) in [5, 5.41) is 11.4. The Morgan fingerprint density at radius 1 is 1.30 bits per heavy atom. The number of hydrogen-bond donors (Lipinski definition) is 3. The average Bonchev–Trinajstić information content (AvgIpc) is 2.35. The van der Waals surface area contributed by atoms with Crippen LogP contribution >= 0.6 is 0 Å². The first-order valence-electron chi connectivity index (χ1n) is 6.91. The van der Waals surface area contributed by atoms with Gasteiger partial charge in [-0.05, 0) is 20.9 Å². The zero-order valence-corrected chi connectivity index (χ0v) is 12.6. The van der Waals surface area contributed by atoms with Crippen LogP contribution in [0.15, 0.2) is 0 Å². The minimum atomic E-state index is -1.06. The Morgan fingerprint density at radius 3 is 2.35 bits per heavy atom. The second-order valence-corrected chi connectivity index (χ2v) is 6.02. The van der Waals surface area contributed by atoms with Gasteiger partial charge in [0, 0.05) is 38.3 Å². The van der Waals surface area contributed by atoms with Crippen LogP contribution in [0.5, 0.6) is 0 Å². The number of carbonyl (C=O) groups is 2. The van der Waals surface area contributed by atoms with Gasteiger partial charge in [0.25, 0.3) is 0 Å². The number of aliphatic carboxylic acids is 1. The fourth-order valence-corrected chi connectivity index (χ4v) is 2.24. The van der Waals surface area contributed by atoms with Gasteiger partial charge in [-0.3, -0.25) is 14.5 Å². The highest BCUT2D eigenvalue weighted by atomic mass is 16.4. The van der Waals surface area contributed by atoms with Crippen LogP contribution in [0, 0.1) is 0 Å². The third-order valence-electron chi connectivity index (χ3n) is 3.79. The van der Waals surface area contributed by atoms with Crippen molar-refractivity contribution in [3.63, 3.8) is 0 Å². The molecule has 7 heteroatoms. The molecule has 1 fully saturated rings. The topological polar surface area (TPSA) is 98.9 Å². The average molecular weight is 286 g/mol. The lowest BCUT2D eigenvalue weighted by atomic mass is 10.0. The third-order valence-corrected chi connectivity index (χ3v) is 3.79. The number of carboxylic acid groups (broad SMARTS) is 1. The third kappa shape index (κ3) is 5.07. The van der Waals surface area contributed by atoms with Gasteiger partial charge in [-0.25, -0.2) is 0 Å². The molecule has 1 aliphatic rings. The molecule has 1 rings (SSSR count). The van der Waals surface area contributed by atoms with Crippen LogP contribution in [0.3, 0.4) is 0 Å². The van der Waals surface area contributed by atoms with Crippen molar-refractivity contribution >= 4 is 11.9 Å². The number of hydrogen-bond acceptors (Lipinski definition) is 5. The lowest BCUT2D eigenvalue weighted by Crippen LogP contribution is -2.58. The predicted octanol–water partition coefficient (Wildman–Crippen LogP) is -1.07. The molecule has 116 valence electrons. The second kappa shape index (κ2) is 7.01. The second-order valence-electron chi connectivity index (χ2n) is 6.02. The molecule has 0 aliphatic carbocycles. The van der Waals surface area contributed by atoms with Crippen molar-refractivity contribution in [2.75, 3.05) is 39.8 Å². The van der Waals surface area contributed by atoms with Gasteiger partial charge in [-0.15, -0.1) is 0 Å². The first kappa shape index (κ1) is 16.9. The van der Waals surface area contributed by atoms with Crippen LogP contribution in [0.2, 0.25) is 0 Å². The largest absolute Gasteiger partial charge is 0.481 e. The number of nitrogens with zero attached hydrogens (tertiary/aromatic N) is 2. The Morgan fingerprint density at radius 2 is 1.85 bits per heavy atom. The van der Waals surface area contributed by atoms with Crippen LogP contribution in [0.4, 0.5) is 0 Å². The zero-order chi connectivity index (χ0) is 15.3. The maximum absolute atomic E-state index is 11.7. The van der Waals surface area contributed by atoms with Gasteiger partial charge >= 0.3 is 5.97 Å². The lowest BCUT2D eigenvalue weighted by molar-refractivity contribution is -0.139. The molecular formula is C13H26N4O3. The molecule has 0 saturated carbocycles. The van der Waals surface area contributed by atoms with Crippen molar-refractivity contribution in [2.24, 2.45) is 5.73 Å². The molecule has 0 radical (unpaired) electrons. The number of piperazine rings is 1. The molecular weight excluding hydrogens is 260 g/mol. The van der Waals surface area contributed by atoms with Gasteiger partial charge in [-0.1, -0.05) is 0 Å². The standard InChI is InChI=1S/C13H26N4O3/c1-13(2,17-6-4-16(3)5-7-17)9-15-12(20)10(14)8-11(18)19/h10H,4-9,14H2,1-3H3,(H,15,20)(H,18,19). The summed E-state index contributed by atoms with van der Waals surface area (Å²) in [5.41, 5.74) is 5.36. The summed E-state index contributed by atoms with van der Waals surface area (Å²) < 4.78 is 0. The molecule has 0 spiro atoms. The molecule has 0 aromatic rings. The Hall–Kier alpha value is -1.18. The number of rotatable bonds is 6. The summed E-state index contributed by atoms with van der Waals surface area (Å²) >= 11 is 0. The van der Waals surface area contributed by atoms with Gasteiger partial charge in [0.05, 0.1) is 12.5 Å². The van der Waals surface area contributed by atoms with Crippen molar-refractivity contribution in [1.29, 1.82) is 0 Å². The number of nitrogens with two attached hydrogens (primary N) is 1. The molecule has 1 amide bonds. The molecule has 0 aromatic carbocycles. The van der Waals surface area contributed by atoms with E-state index in [-0.39, 0.29) is 12.0 Å². The molecule has 1 aliphatic heterocycles. The van der Waals surface area contributed by atoms with E-state index in [4.69, 9.17) is 10.8 Å². The van der Waals surface area contributed by atoms with E-state index in [9.17, 15) is 9.59 Å². The molecule has 1 atom stereocenters. The first-order valence-corrected chi connectivity index (χ1v) is 6.91. The number of amides is 1. The molecule has 1 saturated heterocycles. The van der Waals surface area contributed by atoms with Gasteiger partial charge in [0.1, 0.15) is 0 Å². The monoisotopic (exact) mass is 286 g/mol. The molecule has 7 nitrogen and oxygen atoms in total. The molecule has 4 N–H and O–H groups in total. The first-order chi connectivity index (χ1) is 9.22. The summed E-state index contributed by atoms with van der Waals surface area (Å²) in [6.45, 7) is 8.54. The van der Waals surface area contributed by atoms with E-state index < -0.39 is 17.9 Å². The highest BCUT2D eigenvalue weighted by Crippen LogP contribution is 2.15. The molecule has 1 unspecified atom stereocenters. The summed E-state index contributed by atoms with van der Waals surface area (Å²) in [7, 11) is 2.09. The highest BCUT2D eigenvalue weighted by molar-refractivity contribution is 5.85. The van der Waals surface area contributed by atoms with Gasteiger partial charge < -0.3 is 21.1 Å². The Labute approximate surface area is 120 Å². The minimum absolute atomic E-state index is 0.167. The van der Waals surface area contributed by atoms with Crippen LogP contribution in [-0.4, -0.2) is 78.1 Å². The smallest absolute Gasteiger partial charge is 0.305 e. The SMILES string of the molecule is CN1CCN(C(C)(C)CNC(=O)C(N)CC(=O)O)CC1. The Kier molecular flexibility index (Phi) is 5.91. The molecule has 1 heterocycles. The van der Waals surface area contributed by atoms with E-state index in [0.29, 0.717) is 6.54 Å². The van der Waals surface area contributed by atoms with Crippen LogP contribution in [-0.2, 0) is 9.59 Å². The van der Waals surface area contributed by atoms with Gasteiger partial charge in [-0.2, -0.15) is 0 Å². The Balaban J connectivity index is 2.42. The summed E-state index contributed by atoms with van der Waals surface area (Å²) in [6, 6.07) is -0.990. The maximum atomic E-state index is 11.7. The maximum Gasteiger partial charge on any atom is 0.305 e. The quantitative estimate of drug-likeness (QED) is 0.575. The van der Waals surface area contributed by atoms with Crippen molar-refractivity contribution in [3.8, 4) is 0 Å². The van der Waals surface area contributed by atoms with E-state index in [1.807, 2.05) is 0 Å². The van der Waals surface area contributed by atoms with Crippen molar-refractivity contribution in [3.05, 3.63) is 0 Å². The van der Waals surface area contributed by atoms with E-state index in [0.717, 1.165) is 26.2 Å². The van der Waals surface area contributed by atoms with Crippen molar-refractivity contribution in [2.45, 2.75) is 31.8 Å². The van der Waals surface area contributed by atoms with Gasteiger partial charge in [0.15, 0.2) is 0 Å². The lowest BCUT2D eigenvalue weighted by Gasteiger charge is -2.43. The fraction of sp³-hybridized carbons (Fsp3) is 0.846. The van der Waals surface area contributed by atoms with Crippen LogP contribution in [0.1, 0.15) is 20.3 Å². The predicted molar refractivity (Wildman–Crippen MR) is 76.4 cm³/mol. The van der Waals surface area contributed by atoms with Crippen molar-refractivity contribution in [1.82, 2.24) is 15.1 Å². The summed E-state index contributed by atoms with van der Waals surface area (Å²) in [6.07, 6.45) is -0.346. The number of carboxylic acids is 1. The molecule has 20 heavy (non-hydrogen) atoms. The van der Waals surface area contributed by atoms with E-state index in [1.165, 1.54) is 0 Å². The molecule has 0 bridgehead atoms. The van der Waals surface area contributed by atoms with E-state index in [1.54, 1.807) is 0 Å². The minimum Gasteiger partial charge on any atom is -0.481 e. The van der Waals surface area contributed by atoms with E-state index >= 15 is 0 Å². The van der Waals surface area contributed by atoms with Crippen molar-refractivity contribution < 1.29 is 14.7 Å². The van der Waals surface area contributed by atoms with Crippen LogP contribution in [0.25, 0.3) is 0 Å². The number of nitrogens with one attached hydrogen (secondary N) is 1. The summed E-state index contributed by atoms with van der Waals surface area (Å²) in [5.74, 6) is -1.47. The normalized spacial score (nSPS) is 19.6. The number of carbonyl (C=O) groups excluding carboxylic acids is 1. The molecule has 0 aromatic heterocycles. The van der Waals surface area contributed by atoms with Gasteiger partial charge in [0.2, 0.25) is 5.91 Å². The highest BCUT2D eigenvalue weighted by Gasteiger charge is 2.30. The fourth-order valence-electron chi connectivity index (χ4n) is 2.24.